The van der Waals surface area contributed by atoms with E-state index < -0.39 is 0 Å². The first-order chi connectivity index (χ1) is 11.7. The summed E-state index contributed by atoms with van der Waals surface area (Å²) in [6, 6.07) is 17.5. The predicted molar refractivity (Wildman–Crippen MR) is 95.5 cm³/mol. The van der Waals surface area contributed by atoms with E-state index in [-0.39, 0.29) is 5.91 Å². The molecule has 128 valence electrons. The molecule has 0 heterocycles. The summed E-state index contributed by atoms with van der Waals surface area (Å²) in [7, 11) is 1.81. The number of rotatable bonds is 9. The first-order valence-electron chi connectivity index (χ1n) is 8.33. The van der Waals surface area contributed by atoms with Crippen molar-refractivity contribution < 1.29 is 14.3 Å². The van der Waals surface area contributed by atoms with E-state index in [2.05, 4.69) is 0 Å². The molecule has 0 saturated heterocycles. The Morgan fingerprint density at radius 2 is 1.71 bits per heavy atom. The molecule has 2 aromatic carbocycles. The summed E-state index contributed by atoms with van der Waals surface area (Å²) in [6.45, 7) is 3.65. The number of para-hydroxylation sites is 2. The maximum absolute atomic E-state index is 12.3. The average molecular weight is 327 g/mol. The molecular formula is C20H25NO3. The highest BCUT2D eigenvalue weighted by atomic mass is 16.5. The van der Waals surface area contributed by atoms with Crippen LogP contribution in [0.25, 0.3) is 0 Å². The van der Waals surface area contributed by atoms with Crippen LogP contribution in [0.15, 0.2) is 54.6 Å². The fourth-order valence-electron chi connectivity index (χ4n) is 2.38. The smallest absolute Gasteiger partial charge is 0.222 e. The van der Waals surface area contributed by atoms with E-state index in [1.165, 1.54) is 0 Å². The van der Waals surface area contributed by atoms with Crippen molar-refractivity contribution in [1.82, 2.24) is 4.90 Å². The lowest BCUT2D eigenvalue weighted by Gasteiger charge is -2.18. The number of ether oxygens (including phenoxy) is 2. The Balaban J connectivity index is 1.75. The molecule has 0 atom stereocenters. The maximum atomic E-state index is 12.3. The van der Waals surface area contributed by atoms with Gasteiger partial charge in [0, 0.05) is 13.5 Å². The Hall–Kier alpha value is -2.49. The van der Waals surface area contributed by atoms with Gasteiger partial charge in [-0.05, 0) is 37.1 Å². The van der Waals surface area contributed by atoms with Gasteiger partial charge in [-0.2, -0.15) is 0 Å². The normalized spacial score (nSPS) is 10.2. The largest absolute Gasteiger partial charge is 0.494 e. The van der Waals surface area contributed by atoms with Crippen LogP contribution in [0.4, 0.5) is 0 Å². The van der Waals surface area contributed by atoms with Gasteiger partial charge in [-0.15, -0.1) is 0 Å². The van der Waals surface area contributed by atoms with E-state index in [1.54, 1.807) is 4.90 Å². The lowest BCUT2D eigenvalue weighted by molar-refractivity contribution is -0.130. The highest BCUT2D eigenvalue weighted by Crippen LogP contribution is 2.19. The van der Waals surface area contributed by atoms with E-state index in [0.29, 0.717) is 32.6 Å². The molecule has 24 heavy (non-hydrogen) atoms. The van der Waals surface area contributed by atoms with Gasteiger partial charge in [0.15, 0.2) is 0 Å². The maximum Gasteiger partial charge on any atom is 0.222 e. The highest BCUT2D eigenvalue weighted by Gasteiger charge is 2.11. The van der Waals surface area contributed by atoms with Gasteiger partial charge < -0.3 is 14.4 Å². The Bertz CT molecular complexity index is 628. The van der Waals surface area contributed by atoms with Crippen LogP contribution in [0.3, 0.4) is 0 Å². The zero-order valence-electron chi connectivity index (χ0n) is 14.4. The van der Waals surface area contributed by atoms with Crippen molar-refractivity contribution in [3.63, 3.8) is 0 Å². The van der Waals surface area contributed by atoms with E-state index in [0.717, 1.165) is 17.1 Å². The second-order valence-electron chi connectivity index (χ2n) is 5.52. The summed E-state index contributed by atoms with van der Waals surface area (Å²) in [6.07, 6.45) is 1.14. The molecule has 0 spiro atoms. The highest BCUT2D eigenvalue weighted by molar-refractivity contribution is 5.76. The summed E-state index contributed by atoms with van der Waals surface area (Å²) in [4.78, 5) is 14.0. The number of hydrogen-bond acceptors (Lipinski definition) is 3. The third-order valence-corrected chi connectivity index (χ3v) is 3.75. The number of carbonyl (C=O) groups excluding carboxylic acids is 1. The number of likely N-dealkylation sites (N-methyl/N-ethyl adjacent to an activating group) is 1. The summed E-state index contributed by atoms with van der Waals surface area (Å²) in [5.41, 5.74) is 1.07. The van der Waals surface area contributed by atoms with Crippen LogP contribution in [0.2, 0.25) is 0 Å². The van der Waals surface area contributed by atoms with Gasteiger partial charge >= 0.3 is 0 Å². The first-order valence-corrected chi connectivity index (χ1v) is 8.33. The Kier molecular flexibility index (Phi) is 7.15. The van der Waals surface area contributed by atoms with Crippen LogP contribution < -0.4 is 9.47 Å². The topological polar surface area (TPSA) is 38.8 Å². The fraction of sp³-hybridized carbons (Fsp3) is 0.350. The van der Waals surface area contributed by atoms with Gasteiger partial charge in [0.1, 0.15) is 18.1 Å². The van der Waals surface area contributed by atoms with Crippen LogP contribution in [-0.2, 0) is 11.2 Å². The molecule has 0 radical (unpaired) electrons. The summed E-state index contributed by atoms with van der Waals surface area (Å²) < 4.78 is 11.2. The van der Waals surface area contributed by atoms with Crippen LogP contribution in [0, 0.1) is 0 Å². The average Bonchev–Trinajstić information content (AvgIpc) is 2.62. The quantitative estimate of drug-likeness (QED) is 0.707. The standard InChI is InChI=1S/C20H25NO3/c1-3-23-19-12-8-7-9-17(19)13-14-20(22)21(2)15-16-24-18-10-5-4-6-11-18/h4-12H,3,13-16H2,1-2H3. The molecule has 4 heteroatoms. The van der Waals surface area contributed by atoms with E-state index >= 15 is 0 Å². The molecule has 2 aromatic rings. The summed E-state index contributed by atoms with van der Waals surface area (Å²) in [5.74, 6) is 1.80. The first kappa shape index (κ1) is 17.9. The van der Waals surface area contributed by atoms with Crippen molar-refractivity contribution in [3.05, 3.63) is 60.2 Å². The number of nitrogens with zero attached hydrogens (tertiary/aromatic N) is 1. The Morgan fingerprint density at radius 1 is 1.00 bits per heavy atom. The zero-order chi connectivity index (χ0) is 17.2. The van der Waals surface area contributed by atoms with Crippen molar-refractivity contribution in [3.8, 4) is 11.5 Å². The Labute approximate surface area is 144 Å². The zero-order valence-corrected chi connectivity index (χ0v) is 14.4. The molecule has 4 nitrogen and oxygen atoms in total. The number of hydrogen-bond donors (Lipinski definition) is 0. The number of amides is 1. The number of benzene rings is 2. The molecule has 0 aromatic heterocycles. The molecule has 0 bridgehead atoms. The summed E-state index contributed by atoms with van der Waals surface area (Å²) >= 11 is 0. The van der Waals surface area contributed by atoms with Crippen molar-refractivity contribution >= 4 is 5.91 Å². The van der Waals surface area contributed by atoms with Crippen LogP contribution >= 0.6 is 0 Å². The fourth-order valence-corrected chi connectivity index (χ4v) is 2.38. The second kappa shape index (κ2) is 9.60. The molecule has 0 aliphatic heterocycles. The molecule has 0 saturated carbocycles. The van der Waals surface area contributed by atoms with Crippen LogP contribution in [0.5, 0.6) is 11.5 Å². The van der Waals surface area contributed by atoms with Gasteiger partial charge in [0.05, 0.1) is 13.2 Å². The van der Waals surface area contributed by atoms with Crippen molar-refractivity contribution in [2.24, 2.45) is 0 Å². The molecule has 0 N–H and O–H groups in total. The minimum absolute atomic E-state index is 0.109. The van der Waals surface area contributed by atoms with E-state index in [9.17, 15) is 4.79 Å². The van der Waals surface area contributed by atoms with Gasteiger partial charge in [-0.1, -0.05) is 36.4 Å². The molecule has 2 rings (SSSR count). The minimum atomic E-state index is 0.109. The molecule has 1 amide bonds. The molecule has 0 unspecified atom stereocenters. The lowest BCUT2D eigenvalue weighted by atomic mass is 10.1. The van der Waals surface area contributed by atoms with Crippen LogP contribution in [0.1, 0.15) is 18.9 Å². The minimum Gasteiger partial charge on any atom is -0.494 e. The van der Waals surface area contributed by atoms with Crippen molar-refractivity contribution in [2.45, 2.75) is 19.8 Å². The predicted octanol–water partition coefficient (Wildman–Crippen LogP) is 3.56. The number of carbonyl (C=O) groups is 1. The SMILES string of the molecule is CCOc1ccccc1CCC(=O)N(C)CCOc1ccccc1. The third-order valence-electron chi connectivity index (χ3n) is 3.75. The molecule has 0 fully saturated rings. The molecule has 0 aliphatic rings. The Morgan fingerprint density at radius 3 is 2.46 bits per heavy atom. The van der Waals surface area contributed by atoms with Crippen molar-refractivity contribution in [1.29, 1.82) is 0 Å². The van der Waals surface area contributed by atoms with Gasteiger partial charge in [-0.3, -0.25) is 4.79 Å². The van der Waals surface area contributed by atoms with Crippen LogP contribution in [-0.4, -0.2) is 37.6 Å². The van der Waals surface area contributed by atoms with E-state index in [4.69, 9.17) is 9.47 Å². The van der Waals surface area contributed by atoms with Gasteiger partial charge in [0.2, 0.25) is 5.91 Å². The van der Waals surface area contributed by atoms with E-state index in [1.807, 2.05) is 68.6 Å². The molecule has 0 aliphatic carbocycles. The lowest BCUT2D eigenvalue weighted by Crippen LogP contribution is -2.31. The number of aryl methyl sites for hydroxylation is 1. The second-order valence-corrected chi connectivity index (χ2v) is 5.52. The van der Waals surface area contributed by atoms with Crippen molar-refractivity contribution in [2.75, 3.05) is 26.8 Å². The van der Waals surface area contributed by atoms with Gasteiger partial charge in [-0.25, -0.2) is 0 Å². The third kappa shape index (κ3) is 5.61. The van der Waals surface area contributed by atoms with Gasteiger partial charge in [0.25, 0.3) is 0 Å². The monoisotopic (exact) mass is 327 g/mol. The molecular weight excluding hydrogens is 302 g/mol. The summed E-state index contributed by atoms with van der Waals surface area (Å²) in [5, 5.41) is 0.